The summed E-state index contributed by atoms with van der Waals surface area (Å²) in [7, 11) is 0. The smallest absolute Gasteiger partial charge is 0.336 e. The van der Waals surface area contributed by atoms with Crippen LogP contribution in [0.1, 0.15) is 29.6 Å². The van der Waals surface area contributed by atoms with Gasteiger partial charge in [-0.15, -0.1) is 0 Å². The van der Waals surface area contributed by atoms with E-state index in [1.54, 1.807) is 6.07 Å². The van der Waals surface area contributed by atoms with Crippen LogP contribution in [0, 0.1) is 23.7 Å². The largest absolute Gasteiger partial charge is 0.478 e. The highest BCUT2D eigenvalue weighted by Crippen LogP contribution is 2.66. The molecule has 4 unspecified atom stereocenters. The van der Waals surface area contributed by atoms with Gasteiger partial charge < -0.3 is 10.4 Å². The van der Waals surface area contributed by atoms with E-state index < -0.39 is 5.97 Å². The Kier molecular flexibility index (Phi) is 2.47. The molecule has 4 rings (SSSR count). The average molecular weight is 322 g/mol. The summed E-state index contributed by atoms with van der Waals surface area (Å²) in [6.07, 6.45) is 4.30. The summed E-state index contributed by atoms with van der Waals surface area (Å²) in [4.78, 5) is 11.0. The van der Waals surface area contributed by atoms with Gasteiger partial charge in [0.1, 0.15) is 0 Å². The van der Waals surface area contributed by atoms with E-state index in [4.69, 9.17) is 5.11 Å². The van der Waals surface area contributed by atoms with Crippen molar-refractivity contribution in [2.45, 2.75) is 25.3 Å². The van der Waals surface area contributed by atoms with Crippen LogP contribution < -0.4 is 5.32 Å². The van der Waals surface area contributed by atoms with Crippen LogP contribution in [-0.2, 0) is 0 Å². The minimum absolute atomic E-state index is 0.321. The van der Waals surface area contributed by atoms with Crippen molar-refractivity contribution in [3.8, 4) is 0 Å². The molecule has 0 aromatic heterocycles. The Morgan fingerprint density at radius 2 is 1.95 bits per heavy atom. The van der Waals surface area contributed by atoms with E-state index >= 15 is 0 Å². The number of hydrogen-bond acceptors (Lipinski definition) is 2. The highest BCUT2D eigenvalue weighted by atomic mass is 79.9. The lowest BCUT2D eigenvalue weighted by Gasteiger charge is -2.12. The summed E-state index contributed by atoms with van der Waals surface area (Å²) < 4.78 is 0.652. The lowest BCUT2D eigenvalue weighted by molar-refractivity contribution is 0.0696. The zero-order chi connectivity index (χ0) is 13.1. The monoisotopic (exact) mass is 321 g/mol. The Labute approximate surface area is 120 Å². The highest BCUT2D eigenvalue weighted by Gasteiger charge is 2.64. The van der Waals surface area contributed by atoms with Crippen molar-refractivity contribution in [3.63, 3.8) is 0 Å². The minimum Gasteiger partial charge on any atom is -0.478 e. The van der Waals surface area contributed by atoms with Gasteiger partial charge in [-0.2, -0.15) is 0 Å². The third-order valence-electron chi connectivity index (χ3n) is 5.27. The van der Waals surface area contributed by atoms with Gasteiger partial charge in [0.05, 0.1) is 5.56 Å². The molecule has 0 heterocycles. The summed E-state index contributed by atoms with van der Waals surface area (Å²) in [5, 5.41) is 12.6. The van der Waals surface area contributed by atoms with Crippen molar-refractivity contribution in [1.82, 2.24) is 0 Å². The second-order valence-corrected chi connectivity index (χ2v) is 7.01. The molecule has 100 valence electrons. The summed E-state index contributed by atoms with van der Waals surface area (Å²) >= 11 is 3.33. The summed E-state index contributed by atoms with van der Waals surface area (Å²) in [6.45, 7) is 0. The molecule has 3 fully saturated rings. The first-order valence-corrected chi connectivity index (χ1v) is 7.74. The fourth-order valence-electron chi connectivity index (χ4n) is 4.49. The fourth-order valence-corrected chi connectivity index (χ4v) is 5.04. The Bertz CT molecular complexity index is 543. The topological polar surface area (TPSA) is 49.3 Å². The maximum atomic E-state index is 11.0. The number of anilines is 1. The van der Waals surface area contributed by atoms with E-state index in [9.17, 15) is 4.79 Å². The normalized spacial score (nSPS) is 38.1. The maximum Gasteiger partial charge on any atom is 0.336 e. The maximum absolute atomic E-state index is 11.0. The fraction of sp³-hybridized carbons (Fsp3) is 0.533. The van der Waals surface area contributed by atoms with E-state index in [-0.39, 0.29) is 0 Å². The number of aromatic carboxylic acids is 1. The van der Waals surface area contributed by atoms with Gasteiger partial charge in [0.15, 0.2) is 0 Å². The molecule has 4 heteroatoms. The van der Waals surface area contributed by atoms with Crippen LogP contribution in [0.5, 0.6) is 0 Å². The molecule has 0 aliphatic heterocycles. The summed E-state index contributed by atoms with van der Waals surface area (Å²) in [6, 6.07) is 6.07. The van der Waals surface area contributed by atoms with Gasteiger partial charge >= 0.3 is 5.97 Å². The molecule has 19 heavy (non-hydrogen) atoms. The predicted molar refractivity (Wildman–Crippen MR) is 76.3 cm³/mol. The van der Waals surface area contributed by atoms with E-state index in [0.717, 1.165) is 29.4 Å². The van der Waals surface area contributed by atoms with E-state index in [0.29, 0.717) is 16.1 Å². The van der Waals surface area contributed by atoms with Crippen molar-refractivity contribution in [3.05, 3.63) is 28.2 Å². The number of nitrogens with one attached hydrogen (secondary N) is 1. The molecule has 3 saturated carbocycles. The van der Waals surface area contributed by atoms with Gasteiger partial charge in [0.2, 0.25) is 0 Å². The van der Waals surface area contributed by atoms with E-state index in [1.165, 1.54) is 19.3 Å². The molecule has 0 radical (unpaired) electrons. The molecule has 4 atom stereocenters. The average Bonchev–Trinajstić information content (AvgIpc) is 2.78. The second-order valence-electron chi connectivity index (χ2n) is 6.16. The van der Waals surface area contributed by atoms with Crippen LogP contribution in [-0.4, -0.2) is 17.1 Å². The zero-order valence-corrected chi connectivity index (χ0v) is 12.1. The number of carbonyl (C=O) groups is 1. The molecule has 0 saturated heterocycles. The molecule has 3 aliphatic rings. The molecule has 3 aliphatic carbocycles. The SMILES string of the molecule is O=C(O)c1ccc(NC2C3C4CCC(C4)C23)cc1Br. The van der Waals surface area contributed by atoms with Crippen LogP contribution in [0.4, 0.5) is 5.69 Å². The third-order valence-corrected chi connectivity index (χ3v) is 5.92. The molecular formula is C15H16BrNO2. The van der Waals surface area contributed by atoms with Gasteiger partial charge in [-0.05, 0) is 77.1 Å². The van der Waals surface area contributed by atoms with E-state index in [1.807, 2.05) is 12.1 Å². The number of carboxylic acids is 1. The van der Waals surface area contributed by atoms with Gasteiger partial charge in [-0.1, -0.05) is 0 Å². The lowest BCUT2D eigenvalue weighted by atomic mass is 10.0. The highest BCUT2D eigenvalue weighted by molar-refractivity contribution is 9.10. The molecular weight excluding hydrogens is 306 g/mol. The summed E-state index contributed by atoms with van der Waals surface area (Å²) in [5.74, 6) is 2.79. The molecule has 1 aromatic carbocycles. The van der Waals surface area contributed by atoms with Crippen LogP contribution in [0.25, 0.3) is 0 Å². The zero-order valence-electron chi connectivity index (χ0n) is 10.5. The molecule has 3 nitrogen and oxygen atoms in total. The van der Waals surface area contributed by atoms with Gasteiger partial charge in [0, 0.05) is 16.2 Å². The van der Waals surface area contributed by atoms with Gasteiger partial charge in [-0.25, -0.2) is 4.79 Å². The van der Waals surface area contributed by atoms with Crippen LogP contribution in [0.15, 0.2) is 22.7 Å². The van der Waals surface area contributed by atoms with E-state index in [2.05, 4.69) is 21.2 Å². The number of benzene rings is 1. The number of rotatable bonds is 3. The molecule has 2 N–H and O–H groups in total. The molecule has 0 spiro atoms. The minimum atomic E-state index is -0.889. The Balaban J connectivity index is 1.50. The Hall–Kier alpha value is -1.03. The summed E-state index contributed by atoms with van der Waals surface area (Å²) in [5.41, 5.74) is 1.36. The number of carboxylic acid groups (broad SMARTS) is 1. The van der Waals surface area contributed by atoms with Crippen LogP contribution in [0.2, 0.25) is 0 Å². The van der Waals surface area contributed by atoms with Gasteiger partial charge in [-0.3, -0.25) is 0 Å². The first kappa shape index (κ1) is 11.8. The van der Waals surface area contributed by atoms with Crippen molar-refractivity contribution in [2.24, 2.45) is 23.7 Å². The van der Waals surface area contributed by atoms with Crippen molar-refractivity contribution in [2.75, 3.05) is 5.32 Å². The quantitative estimate of drug-likeness (QED) is 0.894. The molecule has 1 aromatic rings. The van der Waals surface area contributed by atoms with Crippen LogP contribution in [0.3, 0.4) is 0 Å². The number of halogens is 1. The predicted octanol–water partition coefficient (Wildman–Crippen LogP) is 3.60. The standard InChI is InChI=1S/C15H16BrNO2/c16-11-6-9(3-4-10(11)15(18)19)17-14-12-7-1-2-8(5-7)13(12)14/h3-4,6-8,12-14,17H,1-2,5H2,(H,18,19). The Morgan fingerprint density at radius 3 is 2.53 bits per heavy atom. The third kappa shape index (κ3) is 1.72. The second kappa shape index (κ2) is 3.98. The van der Waals surface area contributed by atoms with Crippen molar-refractivity contribution < 1.29 is 9.90 Å². The molecule has 2 bridgehead atoms. The van der Waals surface area contributed by atoms with Crippen molar-refractivity contribution >= 4 is 27.6 Å². The molecule has 0 amide bonds. The van der Waals surface area contributed by atoms with Crippen LogP contribution >= 0.6 is 15.9 Å². The lowest BCUT2D eigenvalue weighted by Crippen LogP contribution is -2.12. The Morgan fingerprint density at radius 1 is 1.26 bits per heavy atom. The number of fused-ring (bicyclic) bond motifs is 5. The number of hydrogen-bond donors (Lipinski definition) is 2. The van der Waals surface area contributed by atoms with Gasteiger partial charge in [0.25, 0.3) is 0 Å². The van der Waals surface area contributed by atoms with Crippen molar-refractivity contribution in [1.29, 1.82) is 0 Å². The first-order valence-electron chi connectivity index (χ1n) is 6.94. The first-order chi connectivity index (χ1) is 9.15.